The molecule has 0 aliphatic rings. The molecule has 0 aromatic heterocycles. The Labute approximate surface area is 637 Å². The van der Waals surface area contributed by atoms with Gasteiger partial charge in [0.15, 0.2) is 11.6 Å². The maximum Gasteiger partial charge on any atom is 2.00 e. The Morgan fingerprint density at radius 1 is 0.257 bits per heavy atom. The van der Waals surface area contributed by atoms with Crippen LogP contribution in [0, 0.1) is 166 Å². The summed E-state index contributed by atoms with van der Waals surface area (Å²) in [6.45, 7) is 56.3. The summed E-state index contributed by atoms with van der Waals surface area (Å²) < 4.78 is 0. The number of rotatable bonds is 10. The molecule has 0 fully saturated rings. The molecule has 15 heteroatoms. The van der Waals surface area contributed by atoms with E-state index in [1.54, 1.807) is 0 Å². The van der Waals surface area contributed by atoms with E-state index >= 15 is 0 Å². The van der Waals surface area contributed by atoms with Gasteiger partial charge in [0.25, 0.3) is 0 Å². The van der Waals surface area contributed by atoms with Crippen LogP contribution in [0.25, 0.3) is 21.3 Å². The van der Waals surface area contributed by atoms with Gasteiger partial charge >= 0.3 is 19.5 Å². The zero-order valence-electron chi connectivity index (χ0n) is 65.0. The normalized spacial score (nSPS) is 11.6. The molecule has 12 nitrogen and oxygen atoms in total. The minimum absolute atomic E-state index is 0. The molecule has 0 unspecified atom stereocenters. The van der Waals surface area contributed by atoms with Crippen molar-refractivity contribution in [3.05, 3.63) is 276 Å². The van der Waals surface area contributed by atoms with Crippen LogP contribution in [0.3, 0.4) is 0 Å². The van der Waals surface area contributed by atoms with Crippen LogP contribution in [0.5, 0.6) is 0 Å². The van der Waals surface area contributed by atoms with Crippen molar-refractivity contribution in [2.75, 3.05) is 0 Å². The van der Waals surface area contributed by atoms with E-state index in [1.807, 2.05) is 0 Å². The molecule has 0 aliphatic carbocycles. The maximum atomic E-state index is 10.0. The predicted molar refractivity (Wildman–Crippen MR) is 420 cm³/mol. The fourth-order valence-corrected chi connectivity index (χ4v) is 12.7. The van der Waals surface area contributed by atoms with E-state index in [-0.39, 0.29) is 75.5 Å². The van der Waals surface area contributed by atoms with Crippen LogP contribution in [-0.4, -0.2) is 45.1 Å². The first kappa shape index (κ1) is 88.8. The van der Waals surface area contributed by atoms with E-state index in [9.17, 15) is 9.59 Å². The number of aliphatic hydroxyl groups is 2. The Bertz CT molecular complexity index is 3810. The summed E-state index contributed by atoms with van der Waals surface area (Å²) in [5, 5.41) is 37.8. The largest absolute Gasteiger partial charge is 2.00 e. The number of hydrogen-bond acceptors (Lipinski definition) is 8. The first-order chi connectivity index (χ1) is 45.7. The first-order valence-electron chi connectivity index (χ1n) is 33.3. The van der Waals surface area contributed by atoms with E-state index in [4.69, 9.17) is 51.4 Å². The third-order valence-electron chi connectivity index (χ3n) is 16.0. The average Bonchev–Trinajstić information content (AvgIpc) is 0.799. The van der Waals surface area contributed by atoms with Gasteiger partial charge in [0.05, 0.1) is 11.5 Å². The number of carbonyl (C=O) groups excluding carboxylic acids is 2. The number of hydrogen-bond donors (Lipinski definition) is 2. The number of allylic oxidation sites excluding steroid dienone is 4. The van der Waals surface area contributed by atoms with Gasteiger partial charge in [0, 0.05) is 45.1 Å². The molecule has 8 rings (SSSR count). The second-order valence-electron chi connectivity index (χ2n) is 27.0. The fourth-order valence-electron chi connectivity index (χ4n) is 12.7. The summed E-state index contributed by atoms with van der Waals surface area (Å²) in [6.07, 6.45) is 2.33. The Kier molecular flexibility index (Phi) is 34.9. The molecule has 0 saturated heterocycles. The van der Waals surface area contributed by atoms with Crippen LogP contribution in [0.1, 0.15) is 161 Å². The van der Waals surface area contributed by atoms with Gasteiger partial charge in [-0.25, -0.2) is 0 Å². The third-order valence-corrected chi connectivity index (χ3v) is 16.0. The molecule has 0 aliphatic heterocycles. The third kappa shape index (κ3) is 26.2. The van der Waals surface area contributed by atoms with Crippen molar-refractivity contribution in [2.24, 2.45) is 20.0 Å². The summed E-state index contributed by atoms with van der Waals surface area (Å²) >= 11 is 0. The number of benzene rings is 8. The molecule has 536 valence electrons. The summed E-state index contributed by atoms with van der Waals surface area (Å²) in [5.74, 6) is 1.87. The van der Waals surface area contributed by atoms with E-state index in [0.29, 0.717) is 23.3 Å². The van der Waals surface area contributed by atoms with Crippen molar-refractivity contribution in [3.63, 3.8) is 0 Å². The van der Waals surface area contributed by atoms with Crippen molar-refractivity contribution in [1.29, 1.82) is 0 Å². The van der Waals surface area contributed by atoms with Crippen molar-refractivity contribution >= 4 is 80.4 Å². The van der Waals surface area contributed by atoms with Crippen molar-refractivity contribution in [3.8, 4) is 0 Å². The molecule has 0 amide bonds. The van der Waals surface area contributed by atoms with Crippen LogP contribution >= 0.6 is 0 Å². The van der Waals surface area contributed by atoms with Gasteiger partial charge in [0.1, 0.15) is 0 Å². The predicted octanol–water partition coefficient (Wildman–Crippen LogP) is 25.2. The number of nitrogens with zero attached hydrogens (tertiary/aromatic N) is 8. The molecule has 0 atom stereocenters. The Morgan fingerprint density at radius 2 is 0.376 bits per heavy atom. The minimum Gasteiger partial charge on any atom is -0.512 e. The smallest absolute Gasteiger partial charge is 0.512 e. The van der Waals surface area contributed by atoms with Gasteiger partial charge in [-0.15, -0.1) is 0 Å². The molecule has 2 N–H and O–H groups in total. The number of aryl methyl sites for hydroxylation is 24. The van der Waals surface area contributed by atoms with Crippen molar-refractivity contribution in [1.82, 2.24) is 0 Å². The SMILES string of the molecule is CC(=O)/C=C(/C)O.CC(=O)/C=C(/C)O.Cc1cc(C)c(N=C([N-]c2c(C)cc(C)cc2C)C(=Nc2c(C)cc(C)cc2C)[N-]c2c(C)cc(C)cc2C)c(C)c1.Cc1cc(C)c(N=C([N-]c2c(C)cc(C)cc2C)C(=Nc2c(C)cc(C)cc2C)[N-]c2c(C)cc(C)cc2C)c(C)c1.[Ni].[Ni].[Zn+2]. The summed E-state index contributed by atoms with van der Waals surface area (Å²) in [5.41, 5.74) is 34.5. The fraction of sp³-hybridized carbons (Fsp3) is 0.326. The van der Waals surface area contributed by atoms with Gasteiger partial charge in [-0.1, -0.05) is 165 Å². The molecule has 0 heterocycles. The van der Waals surface area contributed by atoms with Gasteiger partial charge < -0.3 is 51.4 Å². The zero-order valence-corrected chi connectivity index (χ0v) is 70.0. The van der Waals surface area contributed by atoms with Gasteiger partial charge in [0.2, 0.25) is 0 Å². The van der Waals surface area contributed by atoms with E-state index in [2.05, 4.69) is 263 Å². The van der Waals surface area contributed by atoms with Crippen LogP contribution in [0.4, 0.5) is 45.5 Å². The molecule has 0 radical (unpaired) electrons. The van der Waals surface area contributed by atoms with Gasteiger partial charge in [-0.2, -0.15) is 0 Å². The first-order valence-corrected chi connectivity index (χ1v) is 33.3. The minimum atomic E-state index is -0.125. The molecule has 8 aromatic rings. The molecular weight excluding hydrogens is 1390 g/mol. The topological polar surface area (TPSA) is 180 Å². The second kappa shape index (κ2) is 39.8. The molecule has 8 aromatic carbocycles. The summed E-state index contributed by atoms with van der Waals surface area (Å²) in [6, 6.07) is 34.7. The molecule has 0 bridgehead atoms. The number of aliphatic imine (C=N–C) groups is 4. The monoisotopic (exact) mass is 1490 g/mol. The Morgan fingerprint density at radius 3 is 0.475 bits per heavy atom. The van der Waals surface area contributed by atoms with Crippen molar-refractivity contribution in [2.45, 2.75) is 194 Å². The number of amidine groups is 4. The maximum absolute atomic E-state index is 10.0. The number of aliphatic hydroxyl groups excluding tert-OH is 2. The van der Waals surface area contributed by atoms with E-state index in [0.717, 1.165) is 135 Å². The summed E-state index contributed by atoms with van der Waals surface area (Å²) in [4.78, 5) is 41.1. The average molecular weight is 1500 g/mol. The van der Waals surface area contributed by atoms with Crippen LogP contribution in [0.2, 0.25) is 0 Å². The van der Waals surface area contributed by atoms with Crippen LogP contribution in [-0.2, 0) is 62.0 Å². The second-order valence-corrected chi connectivity index (χ2v) is 27.0. The van der Waals surface area contributed by atoms with Gasteiger partial charge in [-0.3, -0.25) is 9.59 Å². The van der Waals surface area contributed by atoms with E-state index in [1.165, 1.54) is 84.4 Å². The molecular formula is C86H104N8Ni2O4Zn-2. The molecule has 0 saturated carbocycles. The standard InChI is InChI=1S/2C38H44N4.2C5H8O2.2Ni.Zn/c2*1-21-13-25(5)33(26(6)14-21)39-37(40-34-27(7)15-22(2)16-28(34)8)38(41-35-29(9)17-23(3)18-30(35)10)42-36-31(11)19-24(4)20-32(36)12;2*1-4(6)3-5(2)7;;;/h2*13-20H,1-12H3;2*3,6H,1-2H3;;;/q2*-2;;;;;+2/b;;2*4-3-;;;. The quantitative estimate of drug-likeness (QED) is 0.0455. The van der Waals surface area contributed by atoms with Crippen molar-refractivity contribution < 1.29 is 72.3 Å². The van der Waals surface area contributed by atoms with Crippen LogP contribution < -0.4 is 0 Å². The van der Waals surface area contributed by atoms with Crippen LogP contribution in [0.15, 0.2) is 141 Å². The Balaban J connectivity index is 0.000000562. The molecule has 0 spiro atoms. The Hall–Kier alpha value is -8.33. The summed E-state index contributed by atoms with van der Waals surface area (Å²) in [7, 11) is 0. The zero-order chi connectivity index (χ0) is 73.5. The van der Waals surface area contributed by atoms with Gasteiger partial charge in [-0.05, 0) is 328 Å². The molecule has 101 heavy (non-hydrogen) atoms. The van der Waals surface area contributed by atoms with E-state index < -0.39 is 0 Å². The number of carbonyl (C=O) groups is 2. The number of ketones is 2.